The molecule has 0 heterocycles. The Kier molecular flexibility index (Phi) is 4.79. The predicted octanol–water partition coefficient (Wildman–Crippen LogP) is 3.24. The molecule has 1 aliphatic carbocycles. The monoisotopic (exact) mass is 270 g/mol. The number of nitrogens with two attached hydrogens (primary N) is 1. The number of hydrogen-bond acceptors (Lipinski definition) is 2. The largest absolute Gasteiger partial charge is 0.320 e. The molecule has 108 valence electrons. The number of fused-ring (bicyclic) bond motifs is 1. The van der Waals surface area contributed by atoms with Crippen LogP contribution < -0.4 is 5.73 Å². The molecule has 20 heavy (non-hydrogen) atoms. The van der Waals surface area contributed by atoms with E-state index in [2.05, 4.69) is 49.2 Å². The van der Waals surface area contributed by atoms with E-state index >= 15 is 0 Å². The van der Waals surface area contributed by atoms with Crippen LogP contribution in [0.5, 0.6) is 0 Å². The van der Waals surface area contributed by atoms with E-state index in [1.807, 2.05) is 12.2 Å². The van der Waals surface area contributed by atoms with Gasteiger partial charge in [0, 0.05) is 19.1 Å². The fourth-order valence-corrected chi connectivity index (χ4v) is 3.52. The molecule has 2 heteroatoms. The molecule has 1 aromatic carbocycles. The maximum Gasteiger partial charge on any atom is 0.0567 e. The van der Waals surface area contributed by atoms with Crippen molar-refractivity contribution in [3.63, 3.8) is 0 Å². The molecule has 2 N–H and O–H groups in total. The van der Waals surface area contributed by atoms with Crippen LogP contribution in [0.3, 0.4) is 0 Å². The summed E-state index contributed by atoms with van der Waals surface area (Å²) in [6.07, 6.45) is 7.06. The average molecular weight is 270 g/mol. The molecule has 2 rings (SSSR count). The highest BCUT2D eigenvalue weighted by atomic mass is 15.2. The first kappa shape index (κ1) is 15.0. The van der Waals surface area contributed by atoms with Gasteiger partial charge >= 0.3 is 0 Å². The highest BCUT2D eigenvalue weighted by Crippen LogP contribution is 2.38. The third kappa shape index (κ3) is 2.58. The van der Waals surface area contributed by atoms with Crippen LogP contribution in [-0.2, 0) is 12.0 Å². The molecule has 1 aromatic rings. The van der Waals surface area contributed by atoms with E-state index in [4.69, 9.17) is 5.73 Å². The summed E-state index contributed by atoms with van der Waals surface area (Å²) in [5.41, 5.74) is 9.31. The number of rotatable bonds is 6. The van der Waals surface area contributed by atoms with Crippen LogP contribution in [0.1, 0.15) is 30.9 Å². The van der Waals surface area contributed by atoms with Gasteiger partial charge in [0.15, 0.2) is 0 Å². The lowest BCUT2D eigenvalue weighted by molar-refractivity contribution is 0.121. The first-order valence-corrected chi connectivity index (χ1v) is 7.50. The molecule has 0 amide bonds. The molecule has 0 radical (unpaired) electrons. The standard InChI is InChI=1S/C18H26N2/c1-4-13-20(14-5-2)17-12-11-15-9-7-8-10-16(15)18(17,19)6-3/h4-5,7-10,17H,1-2,6,11-14,19H2,3H3. The summed E-state index contributed by atoms with van der Waals surface area (Å²) in [6.45, 7) is 11.7. The molecular formula is C18H26N2. The van der Waals surface area contributed by atoms with Gasteiger partial charge in [0.1, 0.15) is 0 Å². The fourth-order valence-electron chi connectivity index (χ4n) is 3.52. The third-order valence-corrected chi connectivity index (χ3v) is 4.55. The van der Waals surface area contributed by atoms with E-state index in [1.54, 1.807) is 0 Å². The van der Waals surface area contributed by atoms with Crippen molar-refractivity contribution in [3.05, 3.63) is 60.7 Å². The number of nitrogens with zero attached hydrogens (tertiary/aromatic N) is 1. The van der Waals surface area contributed by atoms with Gasteiger partial charge in [-0.2, -0.15) is 0 Å². The first-order valence-electron chi connectivity index (χ1n) is 7.50. The Morgan fingerprint density at radius 1 is 1.30 bits per heavy atom. The van der Waals surface area contributed by atoms with Crippen molar-refractivity contribution in [2.45, 2.75) is 37.8 Å². The molecule has 0 bridgehead atoms. The first-order chi connectivity index (χ1) is 9.67. The maximum atomic E-state index is 6.87. The molecule has 0 saturated heterocycles. The molecule has 0 saturated carbocycles. The Hall–Kier alpha value is -1.38. The van der Waals surface area contributed by atoms with Crippen molar-refractivity contribution < 1.29 is 0 Å². The predicted molar refractivity (Wildman–Crippen MR) is 86.7 cm³/mol. The summed E-state index contributed by atoms with van der Waals surface area (Å²) in [5.74, 6) is 0. The average Bonchev–Trinajstić information content (AvgIpc) is 2.48. The van der Waals surface area contributed by atoms with Crippen LogP contribution in [0, 0.1) is 0 Å². The summed E-state index contributed by atoms with van der Waals surface area (Å²) in [4.78, 5) is 2.40. The highest BCUT2D eigenvalue weighted by Gasteiger charge is 2.41. The molecular weight excluding hydrogens is 244 g/mol. The summed E-state index contributed by atoms with van der Waals surface area (Å²) in [5, 5.41) is 0. The highest BCUT2D eigenvalue weighted by molar-refractivity contribution is 5.38. The van der Waals surface area contributed by atoms with Crippen molar-refractivity contribution in [2.75, 3.05) is 13.1 Å². The molecule has 0 aliphatic heterocycles. The fraction of sp³-hybridized carbons (Fsp3) is 0.444. The van der Waals surface area contributed by atoms with Gasteiger partial charge in [0.05, 0.1) is 5.54 Å². The van der Waals surface area contributed by atoms with Crippen LogP contribution in [0.2, 0.25) is 0 Å². The van der Waals surface area contributed by atoms with Crippen LogP contribution >= 0.6 is 0 Å². The minimum absolute atomic E-state index is 0.277. The lowest BCUT2D eigenvalue weighted by Gasteiger charge is -2.47. The second kappa shape index (κ2) is 6.38. The van der Waals surface area contributed by atoms with Gasteiger partial charge in [-0.05, 0) is 30.4 Å². The lowest BCUT2D eigenvalue weighted by Crippen LogP contribution is -2.58. The second-order valence-corrected chi connectivity index (χ2v) is 5.64. The van der Waals surface area contributed by atoms with Crippen LogP contribution in [0.25, 0.3) is 0 Å². The second-order valence-electron chi connectivity index (χ2n) is 5.64. The van der Waals surface area contributed by atoms with Crippen molar-refractivity contribution in [1.29, 1.82) is 0 Å². The third-order valence-electron chi connectivity index (χ3n) is 4.55. The van der Waals surface area contributed by atoms with Gasteiger partial charge in [-0.1, -0.05) is 43.3 Å². The van der Waals surface area contributed by atoms with E-state index in [0.717, 1.165) is 32.4 Å². The Morgan fingerprint density at radius 2 is 1.95 bits per heavy atom. The summed E-state index contributed by atoms with van der Waals surface area (Å²) in [6, 6.07) is 8.97. The van der Waals surface area contributed by atoms with E-state index < -0.39 is 0 Å². The Balaban J connectivity index is 2.39. The Morgan fingerprint density at radius 3 is 2.55 bits per heavy atom. The van der Waals surface area contributed by atoms with E-state index in [1.165, 1.54) is 11.1 Å². The quantitative estimate of drug-likeness (QED) is 0.804. The molecule has 0 fully saturated rings. The smallest absolute Gasteiger partial charge is 0.0567 e. The van der Waals surface area contributed by atoms with Crippen LogP contribution in [0.4, 0.5) is 0 Å². The van der Waals surface area contributed by atoms with E-state index in [-0.39, 0.29) is 5.54 Å². The van der Waals surface area contributed by atoms with E-state index in [0.29, 0.717) is 6.04 Å². The SMILES string of the molecule is C=CCN(CC=C)C1CCc2ccccc2C1(N)CC. The summed E-state index contributed by atoms with van der Waals surface area (Å²) in [7, 11) is 0. The Bertz CT molecular complexity index is 470. The van der Waals surface area contributed by atoms with Gasteiger partial charge < -0.3 is 5.73 Å². The zero-order chi connectivity index (χ0) is 14.6. The normalized spacial score (nSPS) is 25.2. The number of aryl methyl sites for hydroxylation is 1. The van der Waals surface area contributed by atoms with Gasteiger partial charge in [0.2, 0.25) is 0 Å². The van der Waals surface area contributed by atoms with Gasteiger partial charge in [-0.15, -0.1) is 13.2 Å². The van der Waals surface area contributed by atoms with Crippen molar-refractivity contribution >= 4 is 0 Å². The molecule has 0 spiro atoms. The molecule has 2 unspecified atom stereocenters. The number of hydrogen-bond donors (Lipinski definition) is 1. The summed E-state index contributed by atoms with van der Waals surface area (Å²) < 4.78 is 0. The zero-order valence-electron chi connectivity index (χ0n) is 12.5. The van der Waals surface area contributed by atoms with Crippen molar-refractivity contribution in [1.82, 2.24) is 4.90 Å². The lowest BCUT2D eigenvalue weighted by atomic mass is 9.71. The van der Waals surface area contributed by atoms with Gasteiger partial charge in [0.25, 0.3) is 0 Å². The topological polar surface area (TPSA) is 29.3 Å². The Labute approximate surface area is 123 Å². The van der Waals surface area contributed by atoms with Crippen LogP contribution in [-0.4, -0.2) is 24.0 Å². The van der Waals surface area contributed by atoms with E-state index in [9.17, 15) is 0 Å². The van der Waals surface area contributed by atoms with Crippen LogP contribution in [0.15, 0.2) is 49.6 Å². The number of benzene rings is 1. The maximum absolute atomic E-state index is 6.87. The van der Waals surface area contributed by atoms with Crippen molar-refractivity contribution in [2.24, 2.45) is 5.73 Å². The summed E-state index contributed by atoms with van der Waals surface area (Å²) >= 11 is 0. The minimum atomic E-state index is -0.277. The van der Waals surface area contributed by atoms with Crippen molar-refractivity contribution in [3.8, 4) is 0 Å². The van der Waals surface area contributed by atoms with Gasteiger partial charge in [-0.3, -0.25) is 4.90 Å². The molecule has 1 aliphatic rings. The van der Waals surface area contributed by atoms with Gasteiger partial charge in [-0.25, -0.2) is 0 Å². The molecule has 2 nitrogen and oxygen atoms in total. The molecule has 2 atom stereocenters. The molecule has 0 aromatic heterocycles. The minimum Gasteiger partial charge on any atom is -0.320 e. The zero-order valence-corrected chi connectivity index (χ0v) is 12.5.